The third kappa shape index (κ3) is 3.78. The van der Waals surface area contributed by atoms with Gasteiger partial charge in [-0.15, -0.1) is 11.3 Å². The van der Waals surface area contributed by atoms with Gasteiger partial charge < -0.3 is 5.73 Å². The Balaban J connectivity index is 2.13. The van der Waals surface area contributed by atoms with Crippen LogP contribution >= 0.6 is 38.9 Å². The van der Waals surface area contributed by atoms with E-state index in [9.17, 15) is 9.59 Å². The van der Waals surface area contributed by atoms with E-state index in [1.54, 1.807) is 23.6 Å². The Morgan fingerprint density at radius 2 is 2.20 bits per heavy atom. The van der Waals surface area contributed by atoms with Crippen LogP contribution in [-0.4, -0.2) is 16.8 Å². The van der Waals surface area contributed by atoms with Crippen molar-refractivity contribution in [3.05, 3.63) is 44.3 Å². The van der Waals surface area contributed by atoms with Crippen molar-refractivity contribution in [3.63, 3.8) is 0 Å². The quantitative estimate of drug-likeness (QED) is 0.863. The summed E-state index contributed by atoms with van der Waals surface area (Å²) in [6.45, 7) is 0. The van der Waals surface area contributed by atoms with Gasteiger partial charge in [0.25, 0.3) is 5.91 Å². The number of anilines is 1. The van der Waals surface area contributed by atoms with Gasteiger partial charge in [0.2, 0.25) is 5.91 Å². The third-order valence-electron chi connectivity index (χ3n) is 2.30. The molecule has 0 atom stereocenters. The van der Waals surface area contributed by atoms with Gasteiger partial charge in [-0.1, -0.05) is 27.5 Å². The highest BCUT2D eigenvalue weighted by molar-refractivity contribution is 9.10. The van der Waals surface area contributed by atoms with Crippen molar-refractivity contribution < 1.29 is 9.59 Å². The number of rotatable bonds is 4. The maximum Gasteiger partial charge on any atom is 0.258 e. The summed E-state index contributed by atoms with van der Waals surface area (Å²) in [5.41, 5.74) is 5.94. The first-order valence-electron chi connectivity index (χ1n) is 5.45. The first-order chi connectivity index (χ1) is 9.45. The van der Waals surface area contributed by atoms with E-state index in [1.165, 1.54) is 11.3 Å². The van der Waals surface area contributed by atoms with E-state index in [-0.39, 0.29) is 12.3 Å². The highest BCUT2D eigenvalue weighted by Gasteiger charge is 2.13. The monoisotopic (exact) mass is 373 g/mol. The number of carbonyl (C=O) groups excluding carboxylic acids is 2. The molecule has 0 saturated heterocycles. The topological polar surface area (TPSA) is 85.1 Å². The largest absolute Gasteiger partial charge is 0.369 e. The van der Waals surface area contributed by atoms with Crippen LogP contribution < -0.4 is 11.1 Å². The van der Waals surface area contributed by atoms with Gasteiger partial charge in [-0.3, -0.25) is 14.9 Å². The zero-order valence-electron chi connectivity index (χ0n) is 10.0. The Bertz CT molecular complexity index is 674. The van der Waals surface area contributed by atoms with Gasteiger partial charge in [0, 0.05) is 9.85 Å². The summed E-state index contributed by atoms with van der Waals surface area (Å²) in [7, 11) is 0. The smallest absolute Gasteiger partial charge is 0.258 e. The molecule has 0 bridgehead atoms. The number of amides is 2. The minimum Gasteiger partial charge on any atom is -0.369 e. The first-order valence-corrected chi connectivity index (χ1v) is 7.50. The van der Waals surface area contributed by atoms with Crippen molar-refractivity contribution in [1.29, 1.82) is 0 Å². The molecule has 0 unspecified atom stereocenters. The molecule has 0 aliphatic heterocycles. The number of thiazole rings is 1. The Kier molecular flexibility index (Phi) is 4.74. The average molecular weight is 375 g/mol. The van der Waals surface area contributed by atoms with E-state index in [0.717, 1.165) is 4.47 Å². The first kappa shape index (κ1) is 15.0. The summed E-state index contributed by atoms with van der Waals surface area (Å²) in [5, 5.41) is 5.04. The molecule has 8 heteroatoms. The minimum atomic E-state index is -0.469. The van der Waals surface area contributed by atoms with Gasteiger partial charge >= 0.3 is 0 Å². The molecule has 1 aromatic heterocycles. The number of hydrogen-bond acceptors (Lipinski definition) is 4. The van der Waals surface area contributed by atoms with Crippen molar-refractivity contribution in [2.45, 2.75) is 6.42 Å². The van der Waals surface area contributed by atoms with Crippen LogP contribution in [0.4, 0.5) is 5.13 Å². The van der Waals surface area contributed by atoms with Crippen LogP contribution in [0.15, 0.2) is 28.1 Å². The van der Waals surface area contributed by atoms with E-state index < -0.39 is 5.91 Å². The predicted octanol–water partition coefficient (Wildman–Crippen LogP) is 2.84. The maximum absolute atomic E-state index is 12.1. The Labute approximate surface area is 132 Å². The van der Waals surface area contributed by atoms with Gasteiger partial charge in [0.05, 0.1) is 22.7 Å². The van der Waals surface area contributed by atoms with Crippen LogP contribution in [-0.2, 0) is 11.2 Å². The highest BCUT2D eigenvalue weighted by atomic mass is 79.9. The molecule has 1 aromatic carbocycles. The van der Waals surface area contributed by atoms with E-state index in [2.05, 4.69) is 26.2 Å². The van der Waals surface area contributed by atoms with Crippen molar-refractivity contribution in [2.24, 2.45) is 5.73 Å². The molecule has 3 N–H and O–H groups in total. The van der Waals surface area contributed by atoms with Crippen molar-refractivity contribution >= 4 is 55.8 Å². The summed E-state index contributed by atoms with van der Waals surface area (Å²) in [4.78, 5) is 27.0. The highest BCUT2D eigenvalue weighted by Crippen LogP contribution is 2.23. The molecule has 2 amide bonds. The number of halogens is 2. The molecule has 1 heterocycles. The SMILES string of the molecule is NC(=O)Cc1csc(NC(=O)c2cc(Br)ccc2Cl)n1. The summed E-state index contributed by atoms with van der Waals surface area (Å²) < 4.78 is 0.751. The lowest BCUT2D eigenvalue weighted by atomic mass is 10.2. The molecule has 0 saturated carbocycles. The van der Waals surface area contributed by atoms with Gasteiger partial charge in [-0.2, -0.15) is 0 Å². The van der Waals surface area contributed by atoms with E-state index >= 15 is 0 Å². The van der Waals surface area contributed by atoms with Crippen LogP contribution in [0.1, 0.15) is 16.1 Å². The van der Waals surface area contributed by atoms with Crippen LogP contribution in [0, 0.1) is 0 Å². The number of nitrogens with zero attached hydrogens (tertiary/aromatic N) is 1. The molecule has 104 valence electrons. The second-order valence-corrected chi connectivity index (χ2v) is 6.05. The summed E-state index contributed by atoms with van der Waals surface area (Å²) >= 11 is 10.5. The molecule has 0 aliphatic carbocycles. The van der Waals surface area contributed by atoms with Gasteiger partial charge in [-0.05, 0) is 18.2 Å². The Morgan fingerprint density at radius 1 is 1.45 bits per heavy atom. The number of nitrogens with two attached hydrogens (primary N) is 1. The zero-order valence-corrected chi connectivity index (χ0v) is 13.2. The lowest BCUT2D eigenvalue weighted by Gasteiger charge is -2.04. The van der Waals surface area contributed by atoms with Crippen molar-refractivity contribution in [1.82, 2.24) is 4.98 Å². The predicted molar refractivity (Wildman–Crippen MR) is 82.1 cm³/mol. The maximum atomic E-state index is 12.1. The minimum absolute atomic E-state index is 0.0456. The van der Waals surface area contributed by atoms with E-state index in [0.29, 0.717) is 21.4 Å². The van der Waals surface area contributed by atoms with Crippen LogP contribution in [0.25, 0.3) is 0 Å². The molecule has 2 rings (SSSR count). The second-order valence-electron chi connectivity index (χ2n) is 3.87. The van der Waals surface area contributed by atoms with E-state index in [1.807, 2.05) is 0 Å². The van der Waals surface area contributed by atoms with Gasteiger partial charge in [0.15, 0.2) is 5.13 Å². The fraction of sp³-hybridized carbons (Fsp3) is 0.0833. The molecule has 0 fully saturated rings. The number of aromatic nitrogens is 1. The lowest BCUT2D eigenvalue weighted by Crippen LogP contribution is -2.14. The number of hydrogen-bond donors (Lipinski definition) is 2. The summed E-state index contributed by atoms with van der Waals surface area (Å²) in [6, 6.07) is 4.99. The number of carbonyl (C=O) groups is 2. The number of nitrogens with one attached hydrogen (secondary N) is 1. The molecule has 20 heavy (non-hydrogen) atoms. The van der Waals surface area contributed by atoms with Crippen molar-refractivity contribution in [3.8, 4) is 0 Å². The van der Waals surface area contributed by atoms with Crippen molar-refractivity contribution in [2.75, 3.05) is 5.32 Å². The molecular formula is C12H9BrClN3O2S. The van der Waals surface area contributed by atoms with Gasteiger partial charge in [-0.25, -0.2) is 4.98 Å². The van der Waals surface area contributed by atoms with Crippen LogP contribution in [0.5, 0.6) is 0 Å². The second kappa shape index (κ2) is 6.34. The Morgan fingerprint density at radius 3 is 2.90 bits per heavy atom. The summed E-state index contributed by atoms with van der Waals surface area (Å²) in [6.07, 6.45) is 0.0456. The standard InChI is InChI=1S/C12H9BrClN3O2S/c13-6-1-2-9(14)8(3-6)11(19)17-12-16-7(5-20-12)4-10(15)18/h1-3,5H,4H2,(H2,15,18)(H,16,17,19). The number of primary amides is 1. The molecule has 0 radical (unpaired) electrons. The molecular weight excluding hydrogens is 366 g/mol. The molecule has 2 aromatic rings. The number of benzene rings is 1. The third-order valence-corrected chi connectivity index (χ3v) is 3.93. The average Bonchev–Trinajstić information content (AvgIpc) is 2.78. The van der Waals surface area contributed by atoms with Crippen LogP contribution in [0.3, 0.4) is 0 Å². The lowest BCUT2D eigenvalue weighted by molar-refractivity contribution is -0.117. The fourth-order valence-corrected chi connectivity index (χ4v) is 2.73. The summed E-state index contributed by atoms with van der Waals surface area (Å²) in [5.74, 6) is -0.834. The normalized spacial score (nSPS) is 10.3. The van der Waals surface area contributed by atoms with E-state index in [4.69, 9.17) is 17.3 Å². The molecule has 0 aliphatic rings. The molecule has 0 spiro atoms. The molecule has 5 nitrogen and oxygen atoms in total. The van der Waals surface area contributed by atoms with Gasteiger partial charge in [0.1, 0.15) is 0 Å². The Hall–Kier alpha value is -1.44. The fourth-order valence-electron chi connectivity index (χ4n) is 1.46. The van der Waals surface area contributed by atoms with Crippen LogP contribution in [0.2, 0.25) is 5.02 Å². The zero-order chi connectivity index (χ0) is 14.7.